The molecule has 3 heteroatoms. The standard InChI is InChI=1S/C13H26N2O/c1-3-14-12-6-8-16-10-13(12)15-7-4-5-11(2)9-15/h11-14H,3-10H2,1-2H3. The zero-order valence-corrected chi connectivity index (χ0v) is 10.7. The molecule has 94 valence electrons. The molecule has 2 aliphatic rings. The number of nitrogens with one attached hydrogen (secondary N) is 1. The molecule has 2 rings (SSSR count). The lowest BCUT2D eigenvalue weighted by Gasteiger charge is -2.43. The molecule has 0 aromatic rings. The van der Waals surface area contributed by atoms with E-state index in [9.17, 15) is 0 Å². The van der Waals surface area contributed by atoms with Gasteiger partial charge in [0.2, 0.25) is 0 Å². The molecule has 3 unspecified atom stereocenters. The summed E-state index contributed by atoms with van der Waals surface area (Å²) in [6.07, 6.45) is 3.93. The molecule has 0 amide bonds. The predicted molar refractivity (Wildman–Crippen MR) is 66.7 cm³/mol. The molecular weight excluding hydrogens is 200 g/mol. The molecule has 2 aliphatic heterocycles. The van der Waals surface area contributed by atoms with Crippen LogP contribution in [0.5, 0.6) is 0 Å². The van der Waals surface area contributed by atoms with E-state index in [1.807, 2.05) is 0 Å². The SMILES string of the molecule is CCNC1CCOCC1N1CCCC(C)C1. The minimum Gasteiger partial charge on any atom is -0.380 e. The molecule has 2 saturated heterocycles. The second kappa shape index (κ2) is 5.99. The van der Waals surface area contributed by atoms with Crippen LogP contribution in [0, 0.1) is 5.92 Å². The van der Waals surface area contributed by atoms with Crippen LogP contribution in [-0.4, -0.2) is 49.8 Å². The quantitative estimate of drug-likeness (QED) is 0.789. The number of hydrogen-bond donors (Lipinski definition) is 1. The highest BCUT2D eigenvalue weighted by Crippen LogP contribution is 2.22. The predicted octanol–water partition coefficient (Wildman–Crippen LogP) is 1.49. The molecule has 3 nitrogen and oxygen atoms in total. The fourth-order valence-corrected chi connectivity index (χ4v) is 3.11. The van der Waals surface area contributed by atoms with Crippen molar-refractivity contribution in [1.29, 1.82) is 0 Å². The Bertz CT molecular complexity index is 208. The minimum atomic E-state index is 0.608. The molecule has 0 spiro atoms. The van der Waals surface area contributed by atoms with Crippen molar-refractivity contribution in [3.8, 4) is 0 Å². The van der Waals surface area contributed by atoms with Gasteiger partial charge < -0.3 is 10.1 Å². The summed E-state index contributed by atoms with van der Waals surface area (Å²) < 4.78 is 5.67. The molecule has 0 saturated carbocycles. The molecule has 1 N–H and O–H groups in total. The van der Waals surface area contributed by atoms with Crippen molar-refractivity contribution in [3.05, 3.63) is 0 Å². The van der Waals surface area contributed by atoms with Crippen LogP contribution in [0.3, 0.4) is 0 Å². The van der Waals surface area contributed by atoms with Crippen molar-refractivity contribution < 1.29 is 4.74 Å². The largest absolute Gasteiger partial charge is 0.380 e. The second-order valence-electron chi connectivity index (χ2n) is 5.34. The first-order chi connectivity index (χ1) is 7.81. The van der Waals surface area contributed by atoms with Crippen molar-refractivity contribution in [1.82, 2.24) is 10.2 Å². The van der Waals surface area contributed by atoms with Crippen LogP contribution in [0.15, 0.2) is 0 Å². The zero-order valence-electron chi connectivity index (χ0n) is 10.7. The van der Waals surface area contributed by atoms with E-state index in [1.165, 1.54) is 32.4 Å². The van der Waals surface area contributed by atoms with E-state index < -0.39 is 0 Å². The van der Waals surface area contributed by atoms with Gasteiger partial charge in [0.05, 0.1) is 6.61 Å². The Morgan fingerprint density at radius 3 is 3.00 bits per heavy atom. The first-order valence-electron chi connectivity index (χ1n) is 6.86. The van der Waals surface area contributed by atoms with Crippen molar-refractivity contribution in [3.63, 3.8) is 0 Å². The van der Waals surface area contributed by atoms with Gasteiger partial charge in [0.1, 0.15) is 0 Å². The molecule has 3 atom stereocenters. The number of ether oxygens (including phenoxy) is 1. The van der Waals surface area contributed by atoms with Crippen LogP contribution in [0.2, 0.25) is 0 Å². The Balaban J connectivity index is 1.93. The number of likely N-dealkylation sites (N-methyl/N-ethyl adjacent to an activating group) is 1. The van der Waals surface area contributed by atoms with Gasteiger partial charge in [0, 0.05) is 25.2 Å². The van der Waals surface area contributed by atoms with Crippen molar-refractivity contribution in [2.75, 3.05) is 32.8 Å². The lowest BCUT2D eigenvalue weighted by Crippen LogP contribution is -2.57. The molecule has 0 aromatic heterocycles. The maximum absolute atomic E-state index is 5.67. The fourth-order valence-electron chi connectivity index (χ4n) is 3.11. The minimum absolute atomic E-state index is 0.608. The summed E-state index contributed by atoms with van der Waals surface area (Å²) in [5.41, 5.74) is 0. The number of piperidine rings is 1. The lowest BCUT2D eigenvalue weighted by molar-refractivity contribution is -0.0159. The van der Waals surface area contributed by atoms with Crippen LogP contribution in [0.25, 0.3) is 0 Å². The number of nitrogens with zero attached hydrogens (tertiary/aromatic N) is 1. The van der Waals surface area contributed by atoms with Crippen LogP contribution in [-0.2, 0) is 4.74 Å². The van der Waals surface area contributed by atoms with Gasteiger partial charge in [-0.25, -0.2) is 0 Å². The van der Waals surface area contributed by atoms with Crippen LogP contribution < -0.4 is 5.32 Å². The number of rotatable bonds is 3. The Labute approximate surface area is 99.5 Å². The molecule has 16 heavy (non-hydrogen) atoms. The molecular formula is C13H26N2O. The van der Waals surface area contributed by atoms with Gasteiger partial charge in [-0.05, 0) is 38.3 Å². The van der Waals surface area contributed by atoms with Crippen molar-refractivity contribution in [2.24, 2.45) is 5.92 Å². The first kappa shape index (κ1) is 12.3. The number of likely N-dealkylation sites (tertiary alicyclic amines) is 1. The highest BCUT2D eigenvalue weighted by atomic mass is 16.5. The normalized spacial score (nSPS) is 37.5. The van der Waals surface area contributed by atoms with Crippen LogP contribution in [0.4, 0.5) is 0 Å². The molecule has 2 heterocycles. The van der Waals surface area contributed by atoms with Gasteiger partial charge in [-0.1, -0.05) is 13.8 Å². The summed E-state index contributed by atoms with van der Waals surface area (Å²) >= 11 is 0. The van der Waals surface area contributed by atoms with Gasteiger partial charge >= 0.3 is 0 Å². The van der Waals surface area contributed by atoms with E-state index in [0.29, 0.717) is 12.1 Å². The summed E-state index contributed by atoms with van der Waals surface area (Å²) in [6.45, 7) is 10.0. The average Bonchev–Trinajstić information content (AvgIpc) is 2.30. The van der Waals surface area contributed by atoms with E-state index in [1.54, 1.807) is 0 Å². The third kappa shape index (κ3) is 2.96. The monoisotopic (exact) mass is 226 g/mol. The number of hydrogen-bond acceptors (Lipinski definition) is 3. The lowest BCUT2D eigenvalue weighted by atomic mass is 9.94. The van der Waals surface area contributed by atoms with E-state index in [-0.39, 0.29) is 0 Å². The topological polar surface area (TPSA) is 24.5 Å². The maximum atomic E-state index is 5.67. The van der Waals surface area contributed by atoms with Crippen molar-refractivity contribution >= 4 is 0 Å². The van der Waals surface area contributed by atoms with Crippen molar-refractivity contribution in [2.45, 2.75) is 45.2 Å². The molecule has 2 fully saturated rings. The third-order valence-corrected chi connectivity index (χ3v) is 3.95. The second-order valence-corrected chi connectivity index (χ2v) is 5.34. The Morgan fingerprint density at radius 1 is 1.38 bits per heavy atom. The van der Waals surface area contributed by atoms with Gasteiger partial charge in [-0.2, -0.15) is 0 Å². The van der Waals surface area contributed by atoms with Gasteiger partial charge in [-0.15, -0.1) is 0 Å². The third-order valence-electron chi connectivity index (χ3n) is 3.95. The smallest absolute Gasteiger partial charge is 0.0637 e. The molecule has 0 aromatic carbocycles. The Hall–Kier alpha value is -0.120. The summed E-state index contributed by atoms with van der Waals surface area (Å²) in [7, 11) is 0. The van der Waals surface area contributed by atoms with E-state index >= 15 is 0 Å². The van der Waals surface area contributed by atoms with Crippen LogP contribution in [0.1, 0.15) is 33.1 Å². The molecule has 0 bridgehead atoms. The van der Waals surface area contributed by atoms with Crippen LogP contribution >= 0.6 is 0 Å². The fraction of sp³-hybridized carbons (Fsp3) is 1.00. The summed E-state index contributed by atoms with van der Waals surface area (Å²) in [5.74, 6) is 0.859. The van der Waals surface area contributed by atoms with Gasteiger partial charge in [0.25, 0.3) is 0 Å². The van der Waals surface area contributed by atoms with Gasteiger partial charge in [0.15, 0.2) is 0 Å². The first-order valence-corrected chi connectivity index (χ1v) is 6.86. The molecule has 0 aliphatic carbocycles. The Kier molecular flexibility index (Phi) is 4.62. The Morgan fingerprint density at radius 2 is 2.25 bits per heavy atom. The van der Waals surface area contributed by atoms with E-state index in [4.69, 9.17) is 4.74 Å². The zero-order chi connectivity index (χ0) is 11.4. The summed E-state index contributed by atoms with van der Waals surface area (Å²) in [5, 5.41) is 3.63. The maximum Gasteiger partial charge on any atom is 0.0637 e. The van der Waals surface area contributed by atoms with E-state index in [0.717, 1.165) is 25.7 Å². The summed E-state index contributed by atoms with van der Waals surface area (Å²) in [4.78, 5) is 2.65. The highest BCUT2D eigenvalue weighted by Gasteiger charge is 2.32. The summed E-state index contributed by atoms with van der Waals surface area (Å²) in [6, 6.07) is 1.25. The molecule has 0 radical (unpaired) electrons. The van der Waals surface area contributed by atoms with E-state index in [2.05, 4.69) is 24.1 Å². The van der Waals surface area contributed by atoms with Gasteiger partial charge in [-0.3, -0.25) is 4.90 Å². The highest BCUT2D eigenvalue weighted by molar-refractivity contribution is 4.89. The average molecular weight is 226 g/mol.